The molecular formula is C19H19ClN2O2S2. The molecule has 7 heteroatoms. The number of halogens is 1. The lowest BCUT2D eigenvalue weighted by Crippen LogP contribution is -2.48. The number of nitrogens with zero attached hydrogens (tertiary/aromatic N) is 2. The van der Waals surface area contributed by atoms with Crippen molar-refractivity contribution >= 4 is 43.0 Å². The number of hydrogen-bond donors (Lipinski definition) is 0. The van der Waals surface area contributed by atoms with Crippen LogP contribution >= 0.6 is 22.9 Å². The van der Waals surface area contributed by atoms with Gasteiger partial charge < -0.3 is 0 Å². The van der Waals surface area contributed by atoms with Gasteiger partial charge >= 0.3 is 0 Å². The van der Waals surface area contributed by atoms with Crippen LogP contribution in [0.1, 0.15) is 5.56 Å². The first-order chi connectivity index (χ1) is 12.5. The van der Waals surface area contributed by atoms with E-state index in [1.807, 2.05) is 30.3 Å². The van der Waals surface area contributed by atoms with Crippen molar-refractivity contribution in [2.45, 2.75) is 10.8 Å². The van der Waals surface area contributed by atoms with Crippen LogP contribution in [0.5, 0.6) is 0 Å². The standard InChI is InChI=1S/C19H19ClN2O2S2/c20-17-7-6-16-12-19(25-18(16)13-17)26(23,24)22-10-8-21(9-11-22)14-15-4-2-1-3-5-15/h1-7,12-13H,8-11,14H2. The Bertz CT molecular complexity index is 1010. The highest BCUT2D eigenvalue weighted by Gasteiger charge is 2.29. The van der Waals surface area contributed by atoms with Crippen molar-refractivity contribution in [1.82, 2.24) is 9.21 Å². The Kier molecular flexibility index (Phi) is 5.03. The van der Waals surface area contributed by atoms with Crippen LogP contribution < -0.4 is 0 Å². The minimum Gasteiger partial charge on any atom is -0.296 e. The monoisotopic (exact) mass is 406 g/mol. The molecule has 3 aromatic rings. The Balaban J connectivity index is 1.47. The lowest BCUT2D eigenvalue weighted by Gasteiger charge is -2.33. The molecular weight excluding hydrogens is 388 g/mol. The predicted octanol–water partition coefficient (Wildman–Crippen LogP) is 4.06. The summed E-state index contributed by atoms with van der Waals surface area (Å²) in [6.07, 6.45) is 0. The number of benzene rings is 2. The molecule has 0 N–H and O–H groups in total. The zero-order valence-electron chi connectivity index (χ0n) is 14.1. The molecule has 1 aliphatic heterocycles. The fraction of sp³-hybridized carbons (Fsp3) is 0.263. The van der Waals surface area contributed by atoms with Gasteiger partial charge in [-0.25, -0.2) is 8.42 Å². The molecule has 1 saturated heterocycles. The van der Waals surface area contributed by atoms with Crippen LogP contribution in [0.15, 0.2) is 58.8 Å². The SMILES string of the molecule is O=S(=O)(c1cc2ccc(Cl)cc2s1)N1CCN(Cc2ccccc2)CC1. The van der Waals surface area contributed by atoms with Crippen LogP contribution in [-0.2, 0) is 16.6 Å². The second kappa shape index (κ2) is 7.29. The summed E-state index contributed by atoms with van der Waals surface area (Å²) in [6.45, 7) is 3.38. The second-order valence-electron chi connectivity index (χ2n) is 6.41. The smallest absolute Gasteiger partial charge is 0.252 e. The number of fused-ring (bicyclic) bond motifs is 1. The average molecular weight is 407 g/mol. The number of hydrogen-bond acceptors (Lipinski definition) is 4. The summed E-state index contributed by atoms with van der Waals surface area (Å²) in [5.41, 5.74) is 1.25. The van der Waals surface area contributed by atoms with Gasteiger partial charge in [-0.3, -0.25) is 4.90 Å². The molecule has 0 bridgehead atoms. The minimum absolute atomic E-state index is 0.395. The Hall–Kier alpha value is -1.44. The van der Waals surface area contributed by atoms with E-state index >= 15 is 0 Å². The van der Waals surface area contributed by atoms with Crippen molar-refractivity contribution in [3.63, 3.8) is 0 Å². The van der Waals surface area contributed by atoms with Crippen molar-refractivity contribution in [2.24, 2.45) is 0 Å². The molecule has 2 heterocycles. The number of sulfonamides is 1. The van der Waals surface area contributed by atoms with E-state index in [0.29, 0.717) is 22.3 Å². The van der Waals surface area contributed by atoms with Gasteiger partial charge in [0.25, 0.3) is 10.0 Å². The maximum atomic E-state index is 13.0. The summed E-state index contributed by atoms with van der Waals surface area (Å²) in [5, 5.41) is 1.54. The van der Waals surface area contributed by atoms with E-state index in [0.717, 1.165) is 29.7 Å². The van der Waals surface area contributed by atoms with Crippen molar-refractivity contribution in [2.75, 3.05) is 26.2 Å². The third-order valence-corrected chi connectivity index (χ3v) is 8.31. The highest BCUT2D eigenvalue weighted by Crippen LogP contribution is 2.33. The van der Waals surface area contributed by atoms with E-state index in [1.165, 1.54) is 16.9 Å². The van der Waals surface area contributed by atoms with Crippen molar-refractivity contribution in [3.05, 3.63) is 65.2 Å². The molecule has 2 aromatic carbocycles. The Morgan fingerprint density at radius 3 is 2.42 bits per heavy atom. The molecule has 0 atom stereocenters. The molecule has 1 aliphatic rings. The molecule has 0 saturated carbocycles. The molecule has 136 valence electrons. The Labute approximate surface area is 162 Å². The van der Waals surface area contributed by atoms with Crippen LogP contribution in [0.2, 0.25) is 5.02 Å². The summed E-state index contributed by atoms with van der Waals surface area (Å²) < 4.78 is 28.9. The van der Waals surface area contributed by atoms with E-state index in [1.54, 1.807) is 16.4 Å². The van der Waals surface area contributed by atoms with Crippen LogP contribution in [0, 0.1) is 0 Å². The molecule has 0 unspecified atom stereocenters. The normalized spacial score (nSPS) is 17.0. The number of piperazine rings is 1. The van der Waals surface area contributed by atoms with Crippen LogP contribution in [0.3, 0.4) is 0 Å². The molecule has 4 nitrogen and oxygen atoms in total. The van der Waals surface area contributed by atoms with Crippen molar-refractivity contribution in [3.8, 4) is 0 Å². The number of thiophene rings is 1. The first-order valence-electron chi connectivity index (χ1n) is 8.48. The van der Waals surface area contributed by atoms with Crippen LogP contribution in [0.4, 0.5) is 0 Å². The van der Waals surface area contributed by atoms with Crippen molar-refractivity contribution in [1.29, 1.82) is 0 Å². The van der Waals surface area contributed by atoms with Gasteiger partial charge in [-0.15, -0.1) is 11.3 Å². The third-order valence-electron chi connectivity index (χ3n) is 4.63. The molecule has 0 spiro atoms. The molecule has 0 aliphatic carbocycles. The number of rotatable bonds is 4. The fourth-order valence-corrected chi connectivity index (χ4v) is 6.46. The first-order valence-corrected chi connectivity index (χ1v) is 11.1. The van der Waals surface area contributed by atoms with Gasteiger partial charge in [-0.05, 0) is 29.1 Å². The van der Waals surface area contributed by atoms with E-state index < -0.39 is 10.0 Å². The topological polar surface area (TPSA) is 40.6 Å². The summed E-state index contributed by atoms with van der Waals surface area (Å²) in [5.74, 6) is 0. The van der Waals surface area contributed by atoms with E-state index in [-0.39, 0.29) is 0 Å². The van der Waals surface area contributed by atoms with Gasteiger partial charge in [0.2, 0.25) is 0 Å². The van der Waals surface area contributed by atoms with Gasteiger partial charge in [0, 0.05) is 42.4 Å². The Morgan fingerprint density at radius 1 is 0.962 bits per heavy atom. The second-order valence-corrected chi connectivity index (χ2v) is 10.1. The van der Waals surface area contributed by atoms with Crippen LogP contribution in [0.25, 0.3) is 10.1 Å². The van der Waals surface area contributed by atoms with E-state index in [9.17, 15) is 8.42 Å². The minimum atomic E-state index is -3.45. The van der Waals surface area contributed by atoms with Gasteiger partial charge in [-0.2, -0.15) is 4.31 Å². The van der Waals surface area contributed by atoms with Crippen LogP contribution in [-0.4, -0.2) is 43.8 Å². The molecule has 26 heavy (non-hydrogen) atoms. The van der Waals surface area contributed by atoms with Gasteiger partial charge in [0.15, 0.2) is 0 Å². The van der Waals surface area contributed by atoms with Gasteiger partial charge in [0.1, 0.15) is 4.21 Å². The quantitative estimate of drug-likeness (QED) is 0.656. The lowest BCUT2D eigenvalue weighted by atomic mass is 10.2. The van der Waals surface area contributed by atoms with Gasteiger partial charge in [-0.1, -0.05) is 48.0 Å². The lowest BCUT2D eigenvalue weighted by molar-refractivity contribution is 0.182. The third kappa shape index (κ3) is 3.66. The maximum Gasteiger partial charge on any atom is 0.252 e. The summed E-state index contributed by atoms with van der Waals surface area (Å²) in [6, 6.07) is 17.5. The van der Waals surface area contributed by atoms with Gasteiger partial charge in [0.05, 0.1) is 0 Å². The molecule has 1 aromatic heterocycles. The summed E-state index contributed by atoms with van der Waals surface area (Å²) in [7, 11) is -3.45. The highest BCUT2D eigenvalue weighted by atomic mass is 35.5. The van der Waals surface area contributed by atoms with Crippen molar-refractivity contribution < 1.29 is 8.42 Å². The summed E-state index contributed by atoms with van der Waals surface area (Å²) >= 11 is 7.30. The zero-order valence-corrected chi connectivity index (χ0v) is 16.5. The predicted molar refractivity (Wildman–Crippen MR) is 107 cm³/mol. The fourth-order valence-electron chi connectivity index (χ4n) is 3.20. The first kappa shape index (κ1) is 17.9. The average Bonchev–Trinajstić information content (AvgIpc) is 3.07. The largest absolute Gasteiger partial charge is 0.296 e. The molecule has 0 amide bonds. The Morgan fingerprint density at radius 2 is 1.69 bits per heavy atom. The maximum absolute atomic E-state index is 13.0. The van der Waals surface area contributed by atoms with E-state index in [2.05, 4.69) is 17.0 Å². The van der Waals surface area contributed by atoms with E-state index in [4.69, 9.17) is 11.6 Å². The highest BCUT2D eigenvalue weighted by molar-refractivity contribution is 7.91. The molecule has 4 rings (SSSR count). The summed E-state index contributed by atoms with van der Waals surface area (Å²) in [4.78, 5) is 2.30. The zero-order chi connectivity index (χ0) is 18.1. The molecule has 1 fully saturated rings. The molecule has 0 radical (unpaired) electrons.